The fourth-order valence-corrected chi connectivity index (χ4v) is 3.47. The van der Waals surface area contributed by atoms with Crippen LogP contribution in [0.1, 0.15) is 38.5 Å². The second-order valence-electron chi connectivity index (χ2n) is 5.75. The van der Waals surface area contributed by atoms with E-state index >= 15 is 0 Å². The van der Waals surface area contributed by atoms with E-state index in [0.717, 1.165) is 20.9 Å². The van der Waals surface area contributed by atoms with Gasteiger partial charge in [0.1, 0.15) is 11.5 Å². The smallest absolute Gasteiger partial charge is 0.220 e. The molecule has 0 fully saturated rings. The van der Waals surface area contributed by atoms with Crippen LogP contribution in [0.4, 0.5) is 0 Å². The molecule has 2 rings (SSSR count). The van der Waals surface area contributed by atoms with Crippen molar-refractivity contribution < 1.29 is 19.1 Å². The Hall–Kier alpha value is -2.34. The monoisotopic (exact) mass is 361 g/mol. The zero-order chi connectivity index (χ0) is 18.4. The van der Waals surface area contributed by atoms with Gasteiger partial charge in [0.2, 0.25) is 5.91 Å². The maximum absolute atomic E-state index is 12.2. The molecule has 1 aromatic heterocycles. The normalized spacial score (nSPS) is 10.4. The summed E-state index contributed by atoms with van der Waals surface area (Å²) in [5, 5.41) is 2.83. The summed E-state index contributed by atoms with van der Waals surface area (Å²) in [6.07, 6.45) is 0.387. The number of ketones is 1. The number of hydrogen-bond acceptors (Lipinski definition) is 5. The largest absolute Gasteiger partial charge is 0.497 e. The first-order chi connectivity index (χ1) is 11.9. The summed E-state index contributed by atoms with van der Waals surface area (Å²) in [5.74, 6) is 1.20. The van der Waals surface area contributed by atoms with E-state index in [1.54, 1.807) is 31.6 Å². The van der Waals surface area contributed by atoms with Gasteiger partial charge in [-0.25, -0.2) is 0 Å². The van der Waals surface area contributed by atoms with E-state index in [9.17, 15) is 9.59 Å². The number of rotatable bonds is 8. The van der Waals surface area contributed by atoms with Gasteiger partial charge in [0.05, 0.1) is 14.2 Å². The third-order valence-electron chi connectivity index (χ3n) is 3.82. The highest BCUT2D eigenvalue weighted by Crippen LogP contribution is 2.23. The number of ether oxygens (including phenoxy) is 2. The van der Waals surface area contributed by atoms with Crippen LogP contribution >= 0.6 is 11.3 Å². The Morgan fingerprint density at radius 1 is 1.00 bits per heavy atom. The summed E-state index contributed by atoms with van der Waals surface area (Å²) in [6, 6.07) is 7.34. The van der Waals surface area contributed by atoms with Gasteiger partial charge < -0.3 is 14.8 Å². The van der Waals surface area contributed by atoms with Crippen molar-refractivity contribution in [3.63, 3.8) is 0 Å². The van der Waals surface area contributed by atoms with E-state index in [1.165, 1.54) is 0 Å². The van der Waals surface area contributed by atoms with Gasteiger partial charge in [0.25, 0.3) is 0 Å². The van der Waals surface area contributed by atoms with Crippen LogP contribution in [0.3, 0.4) is 0 Å². The Bertz CT molecular complexity index is 745. The van der Waals surface area contributed by atoms with E-state index in [2.05, 4.69) is 5.32 Å². The highest BCUT2D eigenvalue weighted by Gasteiger charge is 2.14. The number of hydrogen-bond donors (Lipinski definition) is 1. The van der Waals surface area contributed by atoms with Gasteiger partial charge in [-0.2, -0.15) is 0 Å². The molecule has 1 heterocycles. The summed E-state index contributed by atoms with van der Waals surface area (Å²) in [7, 11) is 3.16. The number of nitrogens with one attached hydrogen (secondary N) is 1. The second kappa shape index (κ2) is 8.67. The first-order valence-electron chi connectivity index (χ1n) is 8.01. The molecule has 0 aliphatic rings. The van der Waals surface area contributed by atoms with Crippen LogP contribution in [0.2, 0.25) is 0 Å². The summed E-state index contributed by atoms with van der Waals surface area (Å²) in [6.45, 7) is 4.27. The van der Waals surface area contributed by atoms with Crippen molar-refractivity contribution in [3.8, 4) is 11.5 Å². The maximum Gasteiger partial charge on any atom is 0.220 e. The average molecular weight is 361 g/mol. The Morgan fingerprint density at radius 3 is 2.16 bits per heavy atom. The van der Waals surface area contributed by atoms with Crippen molar-refractivity contribution in [3.05, 3.63) is 45.1 Å². The number of Topliss-reactive ketones (excluding diaryl/α,β-unsaturated/α-hetero) is 1. The van der Waals surface area contributed by atoms with Gasteiger partial charge >= 0.3 is 0 Å². The summed E-state index contributed by atoms with van der Waals surface area (Å²) < 4.78 is 10.4. The molecule has 0 bridgehead atoms. The SMILES string of the molecule is COc1cc(CNC(=O)CCC(=O)c2cc(C)sc2C)cc(OC)c1. The molecule has 0 aliphatic heterocycles. The number of thiophene rings is 1. The molecule has 134 valence electrons. The van der Waals surface area contributed by atoms with E-state index in [1.807, 2.05) is 32.0 Å². The van der Waals surface area contributed by atoms with Crippen molar-refractivity contribution in [1.29, 1.82) is 0 Å². The van der Waals surface area contributed by atoms with Gasteiger partial charge in [-0.15, -0.1) is 11.3 Å². The van der Waals surface area contributed by atoms with Crippen LogP contribution < -0.4 is 14.8 Å². The molecular formula is C19H23NO4S. The molecule has 2 aromatic rings. The number of amides is 1. The predicted molar refractivity (Wildman–Crippen MR) is 98.8 cm³/mol. The topological polar surface area (TPSA) is 64.6 Å². The summed E-state index contributed by atoms with van der Waals surface area (Å²) in [5.41, 5.74) is 1.60. The summed E-state index contributed by atoms with van der Waals surface area (Å²) in [4.78, 5) is 26.4. The first kappa shape index (κ1) is 19.0. The van der Waals surface area contributed by atoms with Crippen molar-refractivity contribution in [2.45, 2.75) is 33.2 Å². The number of carbonyl (C=O) groups excluding carboxylic acids is 2. The third-order valence-corrected chi connectivity index (χ3v) is 4.79. The van der Waals surface area contributed by atoms with Gasteiger partial charge in [-0.3, -0.25) is 9.59 Å². The van der Waals surface area contributed by atoms with Crippen LogP contribution in [-0.4, -0.2) is 25.9 Å². The van der Waals surface area contributed by atoms with E-state index in [-0.39, 0.29) is 24.5 Å². The van der Waals surface area contributed by atoms with Crippen molar-refractivity contribution >= 4 is 23.0 Å². The van der Waals surface area contributed by atoms with E-state index in [4.69, 9.17) is 9.47 Å². The molecule has 25 heavy (non-hydrogen) atoms. The lowest BCUT2D eigenvalue weighted by atomic mass is 10.1. The predicted octanol–water partition coefficient (Wildman–Crippen LogP) is 3.66. The standard InChI is InChI=1S/C19H23NO4S/c1-12-7-17(13(2)25-12)18(21)5-6-19(22)20-11-14-8-15(23-3)10-16(9-14)24-4/h7-10H,5-6,11H2,1-4H3,(H,20,22). The maximum atomic E-state index is 12.2. The molecule has 1 amide bonds. The molecule has 6 heteroatoms. The fraction of sp³-hybridized carbons (Fsp3) is 0.368. The second-order valence-corrected chi connectivity index (χ2v) is 7.21. The molecule has 1 aromatic carbocycles. The highest BCUT2D eigenvalue weighted by atomic mass is 32.1. The summed E-state index contributed by atoms with van der Waals surface area (Å²) >= 11 is 1.60. The molecular weight excluding hydrogens is 338 g/mol. The minimum absolute atomic E-state index is 0.0139. The zero-order valence-corrected chi connectivity index (χ0v) is 15.8. The minimum atomic E-state index is -0.153. The van der Waals surface area contributed by atoms with Crippen LogP contribution in [0, 0.1) is 13.8 Å². The van der Waals surface area contributed by atoms with E-state index in [0.29, 0.717) is 18.0 Å². The number of benzene rings is 1. The molecule has 5 nitrogen and oxygen atoms in total. The zero-order valence-electron chi connectivity index (χ0n) is 15.0. The Kier molecular flexibility index (Phi) is 6.58. The lowest BCUT2D eigenvalue weighted by Gasteiger charge is -2.09. The molecule has 0 atom stereocenters. The van der Waals surface area contributed by atoms with Gasteiger partial charge in [0, 0.05) is 40.8 Å². The Balaban J connectivity index is 1.86. The average Bonchev–Trinajstić information content (AvgIpc) is 2.95. The van der Waals surface area contributed by atoms with E-state index < -0.39 is 0 Å². The van der Waals surface area contributed by atoms with Gasteiger partial charge in [-0.1, -0.05) is 0 Å². The van der Waals surface area contributed by atoms with Crippen molar-refractivity contribution in [1.82, 2.24) is 5.32 Å². The van der Waals surface area contributed by atoms with Gasteiger partial charge in [-0.05, 0) is 37.6 Å². The quantitative estimate of drug-likeness (QED) is 0.729. The number of aryl methyl sites for hydroxylation is 2. The van der Waals surface area contributed by atoms with Crippen LogP contribution in [0.5, 0.6) is 11.5 Å². The fourth-order valence-electron chi connectivity index (χ4n) is 2.53. The molecule has 0 saturated carbocycles. The third kappa shape index (κ3) is 5.32. The molecule has 0 saturated heterocycles. The Morgan fingerprint density at radius 2 is 1.64 bits per heavy atom. The number of methoxy groups -OCH3 is 2. The Labute approximate surface area is 152 Å². The lowest BCUT2D eigenvalue weighted by Crippen LogP contribution is -2.23. The van der Waals surface area contributed by atoms with Gasteiger partial charge in [0.15, 0.2) is 5.78 Å². The van der Waals surface area contributed by atoms with Crippen LogP contribution in [-0.2, 0) is 11.3 Å². The highest BCUT2D eigenvalue weighted by molar-refractivity contribution is 7.12. The lowest BCUT2D eigenvalue weighted by molar-refractivity contribution is -0.121. The van der Waals surface area contributed by atoms with Crippen molar-refractivity contribution in [2.75, 3.05) is 14.2 Å². The minimum Gasteiger partial charge on any atom is -0.497 e. The molecule has 0 spiro atoms. The molecule has 1 N–H and O–H groups in total. The van der Waals surface area contributed by atoms with Crippen LogP contribution in [0.15, 0.2) is 24.3 Å². The molecule has 0 aliphatic carbocycles. The number of carbonyl (C=O) groups is 2. The van der Waals surface area contributed by atoms with Crippen molar-refractivity contribution in [2.24, 2.45) is 0 Å². The first-order valence-corrected chi connectivity index (χ1v) is 8.83. The van der Waals surface area contributed by atoms with Crippen LogP contribution in [0.25, 0.3) is 0 Å². The molecule has 0 radical (unpaired) electrons. The molecule has 0 unspecified atom stereocenters.